The number of carbonyl (C=O) groups excluding carboxylic acids is 3. The molecule has 0 atom stereocenters. The zero-order valence-electron chi connectivity index (χ0n) is 55.5. The normalized spacial score (nSPS) is 11.5. The van der Waals surface area contributed by atoms with Gasteiger partial charge in [0.25, 0.3) is 11.8 Å². The average molecular weight is 1340 g/mol. The van der Waals surface area contributed by atoms with Crippen LogP contribution in [0.25, 0.3) is 11.3 Å². The summed E-state index contributed by atoms with van der Waals surface area (Å²) in [6.07, 6.45) is 1.67. The van der Waals surface area contributed by atoms with E-state index in [0.29, 0.717) is 197 Å². The van der Waals surface area contributed by atoms with Crippen molar-refractivity contribution in [3.05, 3.63) is 143 Å². The van der Waals surface area contributed by atoms with Crippen LogP contribution in [0.3, 0.4) is 0 Å². The summed E-state index contributed by atoms with van der Waals surface area (Å²) < 4.78 is 124. The summed E-state index contributed by atoms with van der Waals surface area (Å²) in [6, 6.07) is 28.0. The zero-order chi connectivity index (χ0) is 67.9. The van der Waals surface area contributed by atoms with Gasteiger partial charge in [-0.25, -0.2) is 8.42 Å². The number of nitrogens with one attached hydrogen (secondary N) is 2. The van der Waals surface area contributed by atoms with Crippen LogP contribution < -0.4 is 15.5 Å². The molecule has 2 N–H and O–H groups in total. The monoisotopic (exact) mass is 1340 g/mol. The fourth-order valence-corrected chi connectivity index (χ4v) is 10.3. The van der Waals surface area contributed by atoms with Gasteiger partial charge in [0, 0.05) is 88.0 Å². The Kier molecular flexibility index (Phi) is 41.3. The maximum Gasteiger partial charge on any atom is 0.416 e. The summed E-state index contributed by atoms with van der Waals surface area (Å²) in [7, 11) is -1.68. The maximum absolute atomic E-state index is 13.7. The quantitative estimate of drug-likeness (QED) is 0.0345. The smallest absolute Gasteiger partial charge is 0.382 e. The number of hydrogen-bond acceptors (Lipinski definition) is 18. The first-order valence-corrected chi connectivity index (χ1v) is 34.1. The Hall–Kier alpha value is -6.26. The number of rotatable bonds is 51. The zero-order valence-corrected chi connectivity index (χ0v) is 56.3. The Morgan fingerprint density at radius 2 is 1.03 bits per heavy atom. The van der Waals surface area contributed by atoms with Crippen LogP contribution in [0.1, 0.15) is 103 Å². The van der Waals surface area contributed by atoms with Gasteiger partial charge < -0.3 is 67.6 Å². The van der Waals surface area contributed by atoms with E-state index in [1.807, 2.05) is 76.2 Å². The Morgan fingerprint density at radius 3 is 1.56 bits per heavy atom. The SMILES string of the molecule is CCC(=O)CCCOCCOCCOCCOCCOCCOCCOC.CCc1ccc(S(=O)(=O)CCCOCCOCCOCCOCCCc2cccc(C(=O)Nc3ccc(N(CC)CC)cc3-c3cc(C(=O)NCc4cccc(C(F)(F)F)c4)ccn3)c2)cc1. The molecular weight excluding hydrogens is 1240 g/mol. The minimum Gasteiger partial charge on any atom is -0.382 e. The van der Waals surface area contributed by atoms with Crippen molar-refractivity contribution < 1.29 is 88.1 Å². The van der Waals surface area contributed by atoms with Crippen LogP contribution in [-0.4, -0.2) is 196 Å². The van der Waals surface area contributed by atoms with E-state index in [0.717, 1.165) is 61.3 Å². The van der Waals surface area contributed by atoms with Crippen molar-refractivity contribution in [1.82, 2.24) is 10.3 Å². The molecule has 0 aliphatic heterocycles. The van der Waals surface area contributed by atoms with Crippen LogP contribution in [0.2, 0.25) is 0 Å². The number of ether oxygens (including phenoxy) is 11. The van der Waals surface area contributed by atoms with Crippen molar-refractivity contribution in [2.24, 2.45) is 0 Å². The second-order valence-corrected chi connectivity index (χ2v) is 23.4. The molecule has 522 valence electrons. The van der Waals surface area contributed by atoms with Gasteiger partial charge in [-0.1, -0.05) is 50.2 Å². The summed E-state index contributed by atoms with van der Waals surface area (Å²) in [5.74, 6) is -0.494. The van der Waals surface area contributed by atoms with Gasteiger partial charge in [0.05, 0.1) is 147 Å². The molecule has 4 aromatic carbocycles. The van der Waals surface area contributed by atoms with Crippen molar-refractivity contribution in [1.29, 1.82) is 0 Å². The maximum atomic E-state index is 13.7. The molecule has 5 aromatic rings. The van der Waals surface area contributed by atoms with E-state index < -0.39 is 27.5 Å². The lowest BCUT2D eigenvalue weighted by molar-refractivity contribution is -0.137. The summed E-state index contributed by atoms with van der Waals surface area (Å²) in [5.41, 5.74) is 4.72. The molecule has 24 heteroatoms. The second kappa shape index (κ2) is 48.4. The van der Waals surface area contributed by atoms with Gasteiger partial charge in [0.2, 0.25) is 0 Å². The van der Waals surface area contributed by atoms with E-state index in [1.165, 1.54) is 24.4 Å². The molecule has 0 saturated carbocycles. The minimum absolute atomic E-state index is 0.0323. The Bertz CT molecular complexity index is 2990. The molecule has 0 saturated heterocycles. The van der Waals surface area contributed by atoms with Crippen LogP contribution in [0, 0.1) is 0 Å². The highest BCUT2D eigenvalue weighted by Crippen LogP contribution is 2.33. The Balaban J connectivity index is 0.000000585. The van der Waals surface area contributed by atoms with E-state index in [9.17, 15) is 36.0 Å². The van der Waals surface area contributed by atoms with Crippen LogP contribution in [-0.2, 0) is 92.3 Å². The molecule has 0 bridgehead atoms. The molecule has 1 aromatic heterocycles. The number of alkyl halides is 3. The molecule has 2 amide bonds. The van der Waals surface area contributed by atoms with Crippen LogP contribution in [0.5, 0.6) is 0 Å². The third kappa shape index (κ3) is 33.9. The van der Waals surface area contributed by atoms with E-state index in [4.69, 9.17) is 52.1 Å². The largest absolute Gasteiger partial charge is 0.416 e. The van der Waals surface area contributed by atoms with Gasteiger partial charge in [-0.2, -0.15) is 13.2 Å². The predicted molar refractivity (Wildman–Crippen MR) is 356 cm³/mol. The summed E-state index contributed by atoms with van der Waals surface area (Å²) in [5, 5.41) is 5.74. The lowest BCUT2D eigenvalue weighted by Gasteiger charge is -2.23. The number of amides is 2. The van der Waals surface area contributed by atoms with Crippen LogP contribution in [0.15, 0.2) is 114 Å². The van der Waals surface area contributed by atoms with Crippen molar-refractivity contribution in [3.8, 4) is 11.3 Å². The third-order valence-corrected chi connectivity index (χ3v) is 16.1. The first-order valence-electron chi connectivity index (χ1n) is 32.4. The molecule has 1 heterocycles. The molecule has 0 radical (unpaired) electrons. The van der Waals surface area contributed by atoms with Crippen molar-refractivity contribution in [3.63, 3.8) is 0 Å². The number of aromatic nitrogens is 1. The highest BCUT2D eigenvalue weighted by molar-refractivity contribution is 7.91. The summed E-state index contributed by atoms with van der Waals surface area (Å²) in [4.78, 5) is 45.1. The lowest BCUT2D eigenvalue weighted by atomic mass is 10.0. The fourth-order valence-electron chi connectivity index (χ4n) is 9.00. The Labute approximate surface area is 554 Å². The molecule has 94 heavy (non-hydrogen) atoms. The van der Waals surface area contributed by atoms with Crippen molar-refractivity contribution in [2.45, 2.75) is 90.3 Å². The van der Waals surface area contributed by atoms with Gasteiger partial charge in [-0.15, -0.1) is 0 Å². The van der Waals surface area contributed by atoms with Gasteiger partial charge in [0.15, 0.2) is 9.84 Å². The number of Topliss-reactive ketones (excluding diaryl/α,β-unsaturated/α-hetero) is 1. The van der Waals surface area contributed by atoms with Crippen molar-refractivity contribution in [2.75, 3.05) is 175 Å². The molecule has 0 unspecified atom stereocenters. The number of ketones is 1. The number of aryl methyl sites for hydroxylation is 2. The lowest BCUT2D eigenvalue weighted by Crippen LogP contribution is -2.23. The van der Waals surface area contributed by atoms with Crippen molar-refractivity contribution >= 4 is 38.8 Å². The topological polar surface area (TPSA) is 227 Å². The highest BCUT2D eigenvalue weighted by Gasteiger charge is 2.30. The number of methoxy groups -OCH3 is 1. The molecule has 0 aliphatic rings. The first-order chi connectivity index (χ1) is 45.6. The molecule has 0 fully saturated rings. The fraction of sp³-hybridized carbons (Fsp3) is 0.543. The molecule has 0 aliphatic carbocycles. The number of pyridine rings is 1. The molecule has 20 nitrogen and oxygen atoms in total. The predicted octanol–water partition coefficient (Wildman–Crippen LogP) is 10.7. The summed E-state index contributed by atoms with van der Waals surface area (Å²) in [6.45, 7) is 19.8. The standard InChI is InChI=1S/C51H61F3N4O8S.C19H38O8/c1-4-38-16-19-45(20-17-38)67(61,62)32-10-25-64-27-29-66-31-30-65-28-26-63-24-9-13-39-11-7-14-41(33-39)50(60)57-47-21-18-44(58(5-2)6-3)36-46(47)48-35-42(22-23-55-48)49(59)56-37-40-12-8-15-43(34-40)51(52,53)54;1-3-19(20)5-4-6-22-9-10-24-13-14-26-17-18-27-16-15-25-12-11-23-8-7-21-2/h7-8,11-12,14-23,33-36H,4-6,9-10,13,24-32,37H2,1-3H3,(H,56,59)(H,57,60);3-18H2,1-2H3. The molecule has 5 rings (SSSR count). The number of halogens is 3. The van der Waals surface area contributed by atoms with E-state index in [-0.39, 0.29) is 29.6 Å². The minimum atomic E-state index is -4.50. The van der Waals surface area contributed by atoms with Crippen LogP contribution >= 0.6 is 0 Å². The highest BCUT2D eigenvalue weighted by atomic mass is 32.2. The number of anilines is 2. The molecular formula is C70H99F3N4O16S. The van der Waals surface area contributed by atoms with E-state index in [1.54, 1.807) is 31.4 Å². The number of hydrogen-bond donors (Lipinski definition) is 2. The molecule has 0 spiro atoms. The number of sulfone groups is 1. The Morgan fingerprint density at radius 1 is 0.521 bits per heavy atom. The summed E-state index contributed by atoms with van der Waals surface area (Å²) >= 11 is 0. The van der Waals surface area contributed by atoms with Gasteiger partial charge in [-0.3, -0.25) is 19.4 Å². The number of nitrogens with zero attached hydrogens (tertiary/aromatic N) is 2. The van der Waals surface area contributed by atoms with E-state index >= 15 is 0 Å². The number of benzene rings is 4. The van der Waals surface area contributed by atoms with Gasteiger partial charge >= 0.3 is 6.18 Å². The van der Waals surface area contributed by atoms with Crippen LogP contribution in [0.4, 0.5) is 24.5 Å². The third-order valence-electron chi connectivity index (χ3n) is 14.3. The average Bonchev–Trinajstić information content (AvgIpc) is 0.821. The number of carbonyl (C=O) groups is 3. The van der Waals surface area contributed by atoms with E-state index in [2.05, 4.69) is 20.5 Å². The second-order valence-electron chi connectivity index (χ2n) is 21.3. The van der Waals surface area contributed by atoms with Gasteiger partial charge in [-0.05, 0) is 129 Å². The first kappa shape index (κ1) is 80.2. The van der Waals surface area contributed by atoms with Gasteiger partial charge in [0.1, 0.15) is 5.78 Å².